The number of nitrogens with one attached hydrogen (secondary N) is 2. The summed E-state index contributed by atoms with van der Waals surface area (Å²) in [7, 11) is 0. The predicted octanol–water partition coefficient (Wildman–Crippen LogP) is 2.89. The molecule has 6 nitrogen and oxygen atoms in total. The Morgan fingerprint density at radius 2 is 1.82 bits per heavy atom. The highest BCUT2D eigenvalue weighted by Crippen LogP contribution is 2.29. The molecule has 0 unspecified atom stereocenters. The van der Waals surface area contributed by atoms with Crippen molar-refractivity contribution in [3.8, 4) is 5.69 Å². The molecule has 7 heteroatoms. The van der Waals surface area contributed by atoms with Crippen molar-refractivity contribution < 1.29 is 4.79 Å². The van der Waals surface area contributed by atoms with Crippen LogP contribution in [0.3, 0.4) is 0 Å². The zero-order valence-electron chi connectivity index (χ0n) is 15.5. The van der Waals surface area contributed by atoms with Gasteiger partial charge in [-0.2, -0.15) is 0 Å². The van der Waals surface area contributed by atoms with Gasteiger partial charge in [-0.05, 0) is 29.8 Å². The molecule has 3 aromatic rings. The number of hydrogen-bond donors (Lipinski definition) is 2. The molecule has 0 aliphatic rings. The van der Waals surface area contributed by atoms with E-state index in [2.05, 4.69) is 10.4 Å². The standard InChI is InChI=1S/C21H20ClN3O3/c1-21(2,16-8-3-4-9-17(16)22)13-23-20(28)14-6-5-7-15(12-14)25-19(27)11-10-18(26)24-25/h3-12H,13H2,1-2H3,(H,23,28)(H,24,26). The van der Waals surface area contributed by atoms with Gasteiger partial charge in [-0.1, -0.05) is 49.7 Å². The highest BCUT2D eigenvalue weighted by molar-refractivity contribution is 6.31. The van der Waals surface area contributed by atoms with E-state index in [9.17, 15) is 14.4 Å². The Labute approximate surface area is 166 Å². The lowest BCUT2D eigenvalue weighted by atomic mass is 9.84. The van der Waals surface area contributed by atoms with Gasteiger partial charge in [0.1, 0.15) is 0 Å². The predicted molar refractivity (Wildman–Crippen MR) is 109 cm³/mol. The van der Waals surface area contributed by atoms with E-state index in [1.807, 2.05) is 38.1 Å². The molecule has 2 N–H and O–H groups in total. The number of nitrogens with zero attached hydrogens (tertiary/aromatic N) is 1. The normalized spacial score (nSPS) is 11.2. The lowest BCUT2D eigenvalue weighted by molar-refractivity contribution is 0.0945. The van der Waals surface area contributed by atoms with Gasteiger partial charge in [-0.25, -0.2) is 4.68 Å². The quantitative estimate of drug-likeness (QED) is 0.694. The first kappa shape index (κ1) is 19.6. The van der Waals surface area contributed by atoms with E-state index in [0.717, 1.165) is 16.3 Å². The third kappa shape index (κ3) is 4.23. The molecule has 28 heavy (non-hydrogen) atoms. The molecule has 0 bridgehead atoms. The summed E-state index contributed by atoms with van der Waals surface area (Å²) in [6, 6.07) is 16.4. The number of H-pyrrole nitrogens is 1. The maximum absolute atomic E-state index is 12.6. The average molecular weight is 398 g/mol. The van der Waals surface area contributed by atoms with Crippen LogP contribution in [0.4, 0.5) is 0 Å². The molecule has 144 valence electrons. The van der Waals surface area contributed by atoms with Crippen LogP contribution in [-0.2, 0) is 5.41 Å². The summed E-state index contributed by atoms with van der Waals surface area (Å²) in [4.78, 5) is 36.1. The van der Waals surface area contributed by atoms with E-state index in [-0.39, 0.29) is 11.3 Å². The van der Waals surface area contributed by atoms with Gasteiger partial charge in [0, 0.05) is 34.7 Å². The van der Waals surface area contributed by atoms with Crippen LogP contribution in [0.2, 0.25) is 5.02 Å². The molecule has 0 aliphatic heterocycles. The summed E-state index contributed by atoms with van der Waals surface area (Å²) in [6.45, 7) is 4.38. The van der Waals surface area contributed by atoms with E-state index in [0.29, 0.717) is 22.8 Å². The Hall–Kier alpha value is -3.12. The fraction of sp³-hybridized carbons (Fsp3) is 0.190. The summed E-state index contributed by atoms with van der Waals surface area (Å²) in [6.07, 6.45) is 0. The second kappa shape index (κ2) is 7.86. The Balaban J connectivity index is 1.80. The minimum Gasteiger partial charge on any atom is -0.351 e. The minimum atomic E-state index is -0.407. The SMILES string of the molecule is CC(C)(CNC(=O)c1cccc(-n2[nH]c(=O)ccc2=O)c1)c1ccccc1Cl. The number of aromatic amines is 1. The zero-order chi connectivity index (χ0) is 20.3. The molecule has 1 aromatic heterocycles. The van der Waals surface area contributed by atoms with E-state index < -0.39 is 11.1 Å². The van der Waals surface area contributed by atoms with Gasteiger partial charge in [0.25, 0.3) is 17.0 Å². The van der Waals surface area contributed by atoms with Crippen LogP contribution in [0.25, 0.3) is 5.69 Å². The first-order valence-electron chi connectivity index (χ1n) is 8.74. The fourth-order valence-electron chi connectivity index (χ4n) is 2.91. The summed E-state index contributed by atoms with van der Waals surface area (Å²) in [5, 5.41) is 6.01. The van der Waals surface area contributed by atoms with Crippen molar-refractivity contribution in [3.63, 3.8) is 0 Å². The summed E-state index contributed by atoms with van der Waals surface area (Å²) < 4.78 is 1.10. The van der Waals surface area contributed by atoms with Crippen molar-refractivity contribution in [2.75, 3.05) is 6.54 Å². The number of hydrogen-bond acceptors (Lipinski definition) is 3. The Morgan fingerprint density at radius 1 is 1.07 bits per heavy atom. The van der Waals surface area contributed by atoms with E-state index in [1.54, 1.807) is 24.3 Å². The van der Waals surface area contributed by atoms with E-state index >= 15 is 0 Å². The van der Waals surface area contributed by atoms with Crippen LogP contribution in [0.15, 0.2) is 70.3 Å². The number of amides is 1. The van der Waals surface area contributed by atoms with Crippen LogP contribution in [0, 0.1) is 0 Å². The molecule has 0 fully saturated rings. The van der Waals surface area contributed by atoms with Gasteiger partial charge in [0.2, 0.25) is 0 Å². The molecule has 0 radical (unpaired) electrons. The number of halogens is 1. The van der Waals surface area contributed by atoms with Gasteiger partial charge >= 0.3 is 0 Å². The molecular weight excluding hydrogens is 378 g/mol. The second-order valence-electron chi connectivity index (χ2n) is 7.08. The first-order chi connectivity index (χ1) is 13.3. The van der Waals surface area contributed by atoms with Crippen molar-refractivity contribution in [1.29, 1.82) is 0 Å². The van der Waals surface area contributed by atoms with Gasteiger partial charge in [0.15, 0.2) is 0 Å². The molecule has 0 saturated heterocycles. The molecule has 0 spiro atoms. The fourth-order valence-corrected chi connectivity index (χ4v) is 3.30. The smallest absolute Gasteiger partial charge is 0.269 e. The van der Waals surface area contributed by atoms with Crippen LogP contribution in [-0.4, -0.2) is 22.2 Å². The summed E-state index contributed by atoms with van der Waals surface area (Å²) >= 11 is 6.28. The number of carbonyl (C=O) groups excluding carboxylic acids is 1. The molecule has 0 saturated carbocycles. The van der Waals surface area contributed by atoms with E-state index in [4.69, 9.17) is 11.6 Å². The van der Waals surface area contributed by atoms with Crippen molar-refractivity contribution in [2.24, 2.45) is 0 Å². The van der Waals surface area contributed by atoms with Crippen molar-refractivity contribution in [2.45, 2.75) is 19.3 Å². The number of aromatic nitrogens is 2. The average Bonchev–Trinajstić information content (AvgIpc) is 2.68. The molecule has 3 rings (SSSR count). The van der Waals surface area contributed by atoms with Crippen molar-refractivity contribution in [3.05, 3.63) is 97.5 Å². The Kier molecular flexibility index (Phi) is 5.51. The van der Waals surface area contributed by atoms with Gasteiger partial charge in [-0.3, -0.25) is 19.5 Å². The van der Waals surface area contributed by atoms with E-state index in [1.165, 1.54) is 6.07 Å². The lowest BCUT2D eigenvalue weighted by Gasteiger charge is -2.26. The summed E-state index contributed by atoms with van der Waals surface area (Å²) in [5.74, 6) is -0.284. The molecule has 0 aliphatic carbocycles. The Morgan fingerprint density at radius 3 is 2.57 bits per heavy atom. The molecule has 2 aromatic carbocycles. The highest BCUT2D eigenvalue weighted by atomic mass is 35.5. The largest absolute Gasteiger partial charge is 0.351 e. The topological polar surface area (TPSA) is 84.0 Å². The van der Waals surface area contributed by atoms with Crippen molar-refractivity contribution in [1.82, 2.24) is 15.1 Å². The number of rotatable bonds is 5. The minimum absolute atomic E-state index is 0.284. The molecule has 0 atom stereocenters. The molecule has 1 amide bonds. The van der Waals surface area contributed by atoms with Crippen molar-refractivity contribution >= 4 is 17.5 Å². The van der Waals surface area contributed by atoms with Crippen LogP contribution < -0.4 is 16.4 Å². The summed E-state index contributed by atoms with van der Waals surface area (Å²) in [5.41, 5.74) is 0.560. The van der Waals surface area contributed by atoms with Crippen LogP contribution >= 0.6 is 11.6 Å². The monoisotopic (exact) mass is 397 g/mol. The zero-order valence-corrected chi connectivity index (χ0v) is 16.3. The number of carbonyl (C=O) groups is 1. The third-order valence-electron chi connectivity index (χ3n) is 4.48. The van der Waals surface area contributed by atoms with Gasteiger partial charge < -0.3 is 5.32 Å². The maximum atomic E-state index is 12.6. The molecule has 1 heterocycles. The van der Waals surface area contributed by atoms with Gasteiger partial charge in [-0.15, -0.1) is 0 Å². The van der Waals surface area contributed by atoms with Crippen LogP contribution in [0.5, 0.6) is 0 Å². The lowest BCUT2D eigenvalue weighted by Crippen LogP contribution is -2.37. The second-order valence-corrected chi connectivity index (χ2v) is 7.49. The third-order valence-corrected chi connectivity index (χ3v) is 4.81. The Bertz CT molecular complexity index is 1130. The highest BCUT2D eigenvalue weighted by Gasteiger charge is 2.24. The van der Waals surface area contributed by atoms with Gasteiger partial charge in [0.05, 0.1) is 5.69 Å². The number of benzene rings is 2. The molecular formula is C21H20ClN3O3. The first-order valence-corrected chi connectivity index (χ1v) is 9.12. The maximum Gasteiger partial charge on any atom is 0.269 e. The van der Waals surface area contributed by atoms with Crippen LogP contribution in [0.1, 0.15) is 29.8 Å².